The summed E-state index contributed by atoms with van der Waals surface area (Å²) in [5.74, 6) is -0.134. The molecule has 0 fully saturated rings. The summed E-state index contributed by atoms with van der Waals surface area (Å²) in [5, 5.41) is 18.5. The predicted molar refractivity (Wildman–Crippen MR) is 104 cm³/mol. The van der Waals surface area contributed by atoms with Gasteiger partial charge in [-0.25, -0.2) is 4.79 Å². The first-order valence-corrected chi connectivity index (χ1v) is 9.16. The van der Waals surface area contributed by atoms with Crippen molar-refractivity contribution in [3.63, 3.8) is 0 Å². The average Bonchev–Trinajstić information content (AvgIpc) is 3.22. The Kier molecular flexibility index (Phi) is 6.68. The number of nitrogens with zero attached hydrogens (tertiary/aromatic N) is 3. The highest BCUT2D eigenvalue weighted by Crippen LogP contribution is 2.15. The zero-order valence-corrected chi connectivity index (χ0v) is 16.2. The summed E-state index contributed by atoms with van der Waals surface area (Å²) >= 11 is 3.33. The highest BCUT2D eigenvalue weighted by Gasteiger charge is 2.24. The van der Waals surface area contributed by atoms with Gasteiger partial charge in [0, 0.05) is 16.6 Å². The number of carbonyl (C=O) groups is 2. The van der Waals surface area contributed by atoms with Crippen LogP contribution in [0.2, 0.25) is 0 Å². The van der Waals surface area contributed by atoms with Crippen molar-refractivity contribution >= 4 is 33.6 Å². The Labute approximate surface area is 169 Å². The monoisotopic (exact) mass is 444 g/mol. The van der Waals surface area contributed by atoms with Crippen LogP contribution in [0.3, 0.4) is 0 Å². The normalized spacial score (nSPS) is 11.5. The van der Waals surface area contributed by atoms with Gasteiger partial charge < -0.3 is 10.1 Å². The maximum Gasteiger partial charge on any atom is 0.412 e. The number of hydrogen-bond acceptors (Lipinski definition) is 6. The largest absolute Gasteiger partial charge is 0.436 e. The molecule has 2 aromatic carbocycles. The van der Waals surface area contributed by atoms with E-state index in [2.05, 4.69) is 47.2 Å². The third kappa shape index (κ3) is 5.88. The van der Waals surface area contributed by atoms with Crippen molar-refractivity contribution in [1.82, 2.24) is 25.9 Å². The number of carbonyl (C=O) groups excluding carboxylic acids is 2. The third-order valence-electron chi connectivity index (χ3n) is 3.71. The fraction of sp³-hybridized carbons (Fsp3) is 0.167. The van der Waals surface area contributed by atoms with Crippen LogP contribution in [0.1, 0.15) is 11.4 Å². The molecule has 3 N–H and O–H groups in total. The molecule has 10 heteroatoms. The van der Waals surface area contributed by atoms with Gasteiger partial charge in [0.15, 0.2) is 11.9 Å². The molecule has 1 heterocycles. The number of nitrogens with one attached hydrogen (secondary N) is 3. The molecule has 9 nitrogen and oxygen atoms in total. The van der Waals surface area contributed by atoms with Crippen LogP contribution in [0.4, 0.5) is 10.5 Å². The zero-order valence-electron chi connectivity index (χ0n) is 14.6. The van der Waals surface area contributed by atoms with Gasteiger partial charge in [-0.2, -0.15) is 5.21 Å². The molecule has 0 spiro atoms. The van der Waals surface area contributed by atoms with Crippen molar-refractivity contribution in [2.75, 3.05) is 5.32 Å². The van der Waals surface area contributed by atoms with E-state index in [1.165, 1.54) is 0 Å². The van der Waals surface area contributed by atoms with Crippen molar-refractivity contribution in [1.29, 1.82) is 0 Å². The standard InChI is InChI=1S/C18H17BrN6O3/c19-13-6-8-14(9-7-13)21-18(27)28-15(10-12-4-2-1-3-5-12)17(26)20-11-16-22-24-25-23-16/h1-9,15H,10-11H2,(H,20,26)(H,21,27)(H,22,23,24,25). The lowest BCUT2D eigenvalue weighted by Gasteiger charge is -2.18. The first-order valence-electron chi connectivity index (χ1n) is 8.37. The van der Waals surface area contributed by atoms with E-state index >= 15 is 0 Å². The third-order valence-corrected chi connectivity index (χ3v) is 4.23. The molecule has 0 aliphatic rings. The van der Waals surface area contributed by atoms with Crippen LogP contribution in [-0.4, -0.2) is 38.7 Å². The van der Waals surface area contributed by atoms with Crippen molar-refractivity contribution in [3.05, 3.63) is 70.5 Å². The van der Waals surface area contributed by atoms with E-state index in [1.807, 2.05) is 30.3 Å². The molecule has 3 rings (SSSR count). The van der Waals surface area contributed by atoms with E-state index < -0.39 is 18.1 Å². The first-order chi connectivity index (χ1) is 13.6. The Hall–Kier alpha value is -3.27. The van der Waals surface area contributed by atoms with Crippen LogP contribution >= 0.6 is 15.9 Å². The number of aromatic amines is 1. The number of tetrazole rings is 1. The molecule has 28 heavy (non-hydrogen) atoms. The predicted octanol–water partition coefficient (Wildman–Crippen LogP) is 2.44. The van der Waals surface area contributed by atoms with Crippen molar-refractivity contribution in [3.8, 4) is 0 Å². The maximum absolute atomic E-state index is 12.6. The summed E-state index contributed by atoms with van der Waals surface area (Å²) in [7, 11) is 0. The average molecular weight is 445 g/mol. The Morgan fingerprint density at radius 3 is 2.54 bits per heavy atom. The fourth-order valence-electron chi connectivity index (χ4n) is 2.36. The van der Waals surface area contributed by atoms with Crippen LogP contribution in [0.15, 0.2) is 59.1 Å². The summed E-state index contributed by atoms with van der Waals surface area (Å²) in [6.45, 7) is 0.0678. The molecule has 1 unspecified atom stereocenters. The van der Waals surface area contributed by atoms with Gasteiger partial charge in [0.25, 0.3) is 5.91 Å². The Morgan fingerprint density at radius 2 is 1.86 bits per heavy atom. The number of aromatic nitrogens is 4. The van der Waals surface area contributed by atoms with Crippen LogP contribution in [-0.2, 0) is 22.5 Å². The quantitative estimate of drug-likeness (QED) is 0.514. The molecule has 0 saturated heterocycles. The van der Waals surface area contributed by atoms with E-state index in [0.29, 0.717) is 11.5 Å². The molecule has 2 amide bonds. The minimum atomic E-state index is -1.02. The van der Waals surface area contributed by atoms with Gasteiger partial charge >= 0.3 is 6.09 Å². The number of halogens is 1. The molecule has 0 aliphatic carbocycles. The number of hydrogen-bond donors (Lipinski definition) is 3. The van der Waals surface area contributed by atoms with Gasteiger partial charge in [0.2, 0.25) is 0 Å². The molecule has 0 bridgehead atoms. The smallest absolute Gasteiger partial charge is 0.412 e. The fourth-order valence-corrected chi connectivity index (χ4v) is 2.63. The molecule has 0 radical (unpaired) electrons. The number of rotatable bonds is 7. The lowest BCUT2D eigenvalue weighted by Crippen LogP contribution is -2.40. The summed E-state index contributed by atoms with van der Waals surface area (Å²) in [5.41, 5.74) is 1.41. The number of benzene rings is 2. The van der Waals surface area contributed by atoms with Crippen molar-refractivity contribution < 1.29 is 14.3 Å². The van der Waals surface area contributed by atoms with E-state index in [9.17, 15) is 9.59 Å². The van der Waals surface area contributed by atoms with E-state index in [1.54, 1.807) is 24.3 Å². The molecule has 0 saturated carbocycles. The highest BCUT2D eigenvalue weighted by molar-refractivity contribution is 9.10. The number of H-pyrrole nitrogens is 1. The molecule has 3 aromatic rings. The van der Waals surface area contributed by atoms with Gasteiger partial charge in [-0.05, 0) is 29.8 Å². The molecule has 1 atom stereocenters. The van der Waals surface area contributed by atoms with Gasteiger partial charge in [-0.1, -0.05) is 51.5 Å². The lowest BCUT2D eigenvalue weighted by molar-refractivity contribution is -0.129. The van der Waals surface area contributed by atoms with Crippen LogP contribution in [0.25, 0.3) is 0 Å². The van der Waals surface area contributed by atoms with Crippen molar-refractivity contribution in [2.45, 2.75) is 19.1 Å². The highest BCUT2D eigenvalue weighted by atomic mass is 79.9. The van der Waals surface area contributed by atoms with E-state index in [4.69, 9.17) is 4.74 Å². The summed E-state index contributed by atoms with van der Waals surface area (Å²) in [6, 6.07) is 16.3. The Morgan fingerprint density at radius 1 is 1.11 bits per heavy atom. The van der Waals surface area contributed by atoms with Crippen molar-refractivity contribution in [2.24, 2.45) is 0 Å². The zero-order chi connectivity index (χ0) is 19.8. The second-order valence-corrected chi connectivity index (χ2v) is 6.68. The summed E-state index contributed by atoms with van der Waals surface area (Å²) < 4.78 is 6.27. The molecule has 144 valence electrons. The van der Waals surface area contributed by atoms with Gasteiger partial charge in [0.1, 0.15) is 0 Å². The van der Waals surface area contributed by atoms with Crippen LogP contribution in [0, 0.1) is 0 Å². The molecular formula is C18H17BrN6O3. The number of ether oxygens (including phenoxy) is 1. The first kappa shape index (κ1) is 19.5. The van der Waals surface area contributed by atoms with Gasteiger partial charge in [0.05, 0.1) is 6.54 Å². The van der Waals surface area contributed by atoms with E-state index in [-0.39, 0.29) is 13.0 Å². The molecule has 1 aromatic heterocycles. The number of amides is 2. The molecular weight excluding hydrogens is 428 g/mol. The lowest BCUT2D eigenvalue weighted by atomic mass is 10.1. The summed E-state index contributed by atoms with van der Waals surface area (Å²) in [6.07, 6.45) is -1.52. The number of anilines is 1. The second-order valence-electron chi connectivity index (χ2n) is 5.76. The summed E-state index contributed by atoms with van der Waals surface area (Å²) in [4.78, 5) is 24.8. The van der Waals surface area contributed by atoms with Crippen LogP contribution in [0.5, 0.6) is 0 Å². The minimum Gasteiger partial charge on any atom is -0.436 e. The van der Waals surface area contributed by atoms with Gasteiger partial charge in [-0.3, -0.25) is 10.1 Å². The second kappa shape index (κ2) is 9.60. The Bertz CT molecular complexity index is 903. The Balaban J connectivity index is 1.64. The van der Waals surface area contributed by atoms with E-state index in [0.717, 1.165) is 10.0 Å². The molecule has 0 aliphatic heterocycles. The van der Waals surface area contributed by atoms with Gasteiger partial charge in [-0.15, -0.1) is 10.2 Å². The van der Waals surface area contributed by atoms with Crippen LogP contribution < -0.4 is 10.6 Å². The minimum absolute atomic E-state index is 0.0678. The SMILES string of the molecule is O=C(Nc1ccc(Br)cc1)OC(Cc1ccccc1)C(=O)NCc1nn[nH]n1. The topological polar surface area (TPSA) is 122 Å². The maximum atomic E-state index is 12.6.